The number of carbonyl (C=O) groups excluding carboxylic acids is 1. The van der Waals surface area contributed by atoms with Crippen molar-refractivity contribution in [1.29, 1.82) is 0 Å². The molecule has 0 saturated carbocycles. The molecule has 4 rings (SSSR count). The Hall–Kier alpha value is -2.61. The highest BCUT2D eigenvalue weighted by Crippen LogP contribution is 2.25. The van der Waals surface area contributed by atoms with Gasteiger partial charge in [0.2, 0.25) is 5.91 Å². The molecule has 0 atom stereocenters. The Morgan fingerprint density at radius 2 is 1.85 bits per heavy atom. The minimum atomic E-state index is -0.202. The van der Waals surface area contributed by atoms with Crippen LogP contribution >= 0.6 is 15.9 Å². The first-order valence-electron chi connectivity index (χ1n) is 8.86. The summed E-state index contributed by atoms with van der Waals surface area (Å²) in [7, 11) is 0. The van der Waals surface area contributed by atoms with Crippen molar-refractivity contribution in [3.8, 4) is 0 Å². The Kier molecular flexibility index (Phi) is 4.73. The number of benzene rings is 1. The number of hydrogen-bond acceptors (Lipinski definition) is 3. The molecule has 1 saturated heterocycles. The molecule has 3 aromatic rings. The number of nitrogens with one attached hydrogen (secondary N) is 1. The first kappa shape index (κ1) is 17.8. The van der Waals surface area contributed by atoms with E-state index >= 15 is 0 Å². The van der Waals surface area contributed by atoms with Gasteiger partial charge in [0.25, 0.3) is 5.56 Å². The summed E-state index contributed by atoms with van der Waals surface area (Å²) in [6.07, 6.45) is 3.04. The maximum absolute atomic E-state index is 12.6. The molecule has 1 aliphatic rings. The molecule has 27 heavy (non-hydrogen) atoms. The van der Waals surface area contributed by atoms with Crippen LogP contribution in [0.1, 0.15) is 18.9 Å². The smallest absolute Gasteiger partial charge is 0.326 e. The van der Waals surface area contributed by atoms with Crippen LogP contribution < -0.4 is 11.2 Å². The quantitative estimate of drug-likeness (QED) is 0.690. The van der Waals surface area contributed by atoms with E-state index in [0.29, 0.717) is 25.9 Å². The van der Waals surface area contributed by atoms with Crippen LogP contribution in [0.4, 0.5) is 0 Å². The summed E-state index contributed by atoms with van der Waals surface area (Å²) in [5.74, 6) is -0.0834. The molecule has 1 amide bonds. The predicted octanol–water partition coefficient (Wildman–Crippen LogP) is 2.12. The van der Waals surface area contributed by atoms with Crippen molar-refractivity contribution in [3.05, 3.63) is 67.9 Å². The molecule has 7 nitrogen and oxygen atoms in total. The number of halogens is 1. The monoisotopic (exact) mass is 430 g/mol. The van der Waals surface area contributed by atoms with Gasteiger partial charge in [0.1, 0.15) is 6.54 Å². The van der Waals surface area contributed by atoms with Crippen molar-refractivity contribution < 1.29 is 4.79 Å². The summed E-state index contributed by atoms with van der Waals surface area (Å²) in [5.41, 5.74) is 1.41. The van der Waals surface area contributed by atoms with Gasteiger partial charge in [-0.15, -0.1) is 0 Å². The normalized spacial score (nSPS) is 15.4. The van der Waals surface area contributed by atoms with E-state index in [1.807, 2.05) is 24.3 Å². The van der Waals surface area contributed by atoms with E-state index < -0.39 is 0 Å². The zero-order chi connectivity index (χ0) is 19.0. The molecule has 0 aliphatic carbocycles. The number of aromatic amines is 1. The average Bonchev–Trinajstić information content (AvgIpc) is 3.00. The third kappa shape index (κ3) is 3.49. The van der Waals surface area contributed by atoms with Gasteiger partial charge in [0.15, 0.2) is 0 Å². The van der Waals surface area contributed by atoms with Gasteiger partial charge in [-0.05, 0) is 47.0 Å². The highest BCUT2D eigenvalue weighted by molar-refractivity contribution is 9.10. The highest BCUT2D eigenvalue weighted by Gasteiger charge is 2.26. The first-order chi connectivity index (χ1) is 13.0. The zero-order valence-electron chi connectivity index (χ0n) is 14.6. The lowest BCUT2D eigenvalue weighted by molar-refractivity contribution is -0.133. The van der Waals surface area contributed by atoms with Crippen LogP contribution in [0, 0.1) is 0 Å². The third-order valence-corrected chi connectivity index (χ3v) is 5.53. The number of nitrogens with zero attached hydrogens (tertiary/aromatic N) is 3. The summed E-state index contributed by atoms with van der Waals surface area (Å²) < 4.78 is 3.96. The van der Waals surface area contributed by atoms with Gasteiger partial charge >= 0.3 is 5.69 Å². The molecular weight excluding hydrogens is 412 g/mol. The summed E-state index contributed by atoms with van der Waals surface area (Å²) in [5, 5.41) is 0. The number of aromatic nitrogens is 3. The summed E-state index contributed by atoms with van der Waals surface area (Å²) in [6, 6.07) is 10.8. The van der Waals surface area contributed by atoms with Crippen LogP contribution in [-0.4, -0.2) is 38.0 Å². The van der Waals surface area contributed by atoms with Crippen LogP contribution in [0.15, 0.2) is 56.7 Å². The van der Waals surface area contributed by atoms with E-state index in [1.165, 1.54) is 10.6 Å². The van der Waals surface area contributed by atoms with Crippen LogP contribution in [0.25, 0.3) is 11.0 Å². The van der Waals surface area contributed by atoms with E-state index in [9.17, 15) is 14.4 Å². The second-order valence-corrected chi connectivity index (χ2v) is 7.66. The fraction of sp³-hybridized carbons (Fsp3) is 0.316. The van der Waals surface area contributed by atoms with Crippen molar-refractivity contribution in [2.45, 2.75) is 25.4 Å². The number of pyridine rings is 1. The van der Waals surface area contributed by atoms with Crippen molar-refractivity contribution in [1.82, 2.24) is 19.0 Å². The molecular formula is C19H19BrN4O3. The Labute approximate surface area is 163 Å². The van der Waals surface area contributed by atoms with Crippen LogP contribution in [0.5, 0.6) is 0 Å². The Morgan fingerprint density at radius 3 is 2.63 bits per heavy atom. The van der Waals surface area contributed by atoms with Gasteiger partial charge in [-0.25, -0.2) is 4.79 Å². The Balaban J connectivity index is 1.46. The minimum Gasteiger partial charge on any atom is -0.341 e. The van der Waals surface area contributed by atoms with Gasteiger partial charge in [-0.2, -0.15) is 0 Å². The molecule has 1 N–H and O–H groups in total. The number of imidazole rings is 1. The SMILES string of the molecule is O=C(Cn1cc(Br)ccc1=O)N1CCC(n2c(=O)[nH]c3ccccc32)CC1. The summed E-state index contributed by atoms with van der Waals surface area (Å²) >= 11 is 3.32. The third-order valence-electron chi connectivity index (χ3n) is 5.06. The van der Waals surface area contributed by atoms with Crippen molar-refractivity contribution in [2.75, 3.05) is 13.1 Å². The van der Waals surface area contributed by atoms with Crippen LogP contribution in [0.2, 0.25) is 0 Å². The molecule has 1 fully saturated rings. The van der Waals surface area contributed by atoms with E-state index in [1.54, 1.807) is 21.7 Å². The Morgan fingerprint density at radius 1 is 1.11 bits per heavy atom. The number of piperidine rings is 1. The molecule has 1 aliphatic heterocycles. The molecule has 0 spiro atoms. The van der Waals surface area contributed by atoms with Crippen molar-refractivity contribution in [3.63, 3.8) is 0 Å². The number of hydrogen-bond donors (Lipinski definition) is 1. The fourth-order valence-corrected chi connectivity index (χ4v) is 4.06. The lowest BCUT2D eigenvalue weighted by Gasteiger charge is -2.32. The average molecular weight is 431 g/mol. The van der Waals surface area contributed by atoms with Gasteiger partial charge in [0, 0.05) is 35.9 Å². The number of rotatable bonds is 3. The number of H-pyrrole nitrogens is 1. The van der Waals surface area contributed by atoms with E-state index in [4.69, 9.17) is 0 Å². The molecule has 2 aromatic heterocycles. The number of amides is 1. The first-order valence-corrected chi connectivity index (χ1v) is 9.65. The van der Waals surface area contributed by atoms with Gasteiger partial charge in [-0.3, -0.25) is 14.2 Å². The van der Waals surface area contributed by atoms with E-state index in [-0.39, 0.29) is 29.7 Å². The molecule has 8 heteroatoms. The maximum Gasteiger partial charge on any atom is 0.326 e. The molecule has 0 unspecified atom stereocenters. The molecule has 3 heterocycles. The second kappa shape index (κ2) is 7.19. The van der Waals surface area contributed by atoms with Crippen molar-refractivity contribution >= 4 is 32.9 Å². The van der Waals surface area contributed by atoms with E-state index in [2.05, 4.69) is 20.9 Å². The molecule has 0 bridgehead atoms. The number of likely N-dealkylation sites (tertiary alicyclic amines) is 1. The zero-order valence-corrected chi connectivity index (χ0v) is 16.2. The standard InChI is InChI=1S/C19H19BrN4O3/c20-13-5-6-17(25)23(11-13)12-18(26)22-9-7-14(8-10-22)24-16-4-2-1-3-15(16)21-19(24)27/h1-6,11,14H,7-10,12H2,(H,21,27). The van der Waals surface area contributed by atoms with Gasteiger partial charge in [-0.1, -0.05) is 12.1 Å². The van der Waals surface area contributed by atoms with Gasteiger partial charge < -0.3 is 14.5 Å². The van der Waals surface area contributed by atoms with Crippen LogP contribution in [-0.2, 0) is 11.3 Å². The second-order valence-electron chi connectivity index (χ2n) is 6.74. The van der Waals surface area contributed by atoms with Crippen molar-refractivity contribution in [2.24, 2.45) is 0 Å². The number of fused-ring (bicyclic) bond motifs is 1. The minimum absolute atomic E-state index is 0.0238. The predicted molar refractivity (Wildman–Crippen MR) is 106 cm³/mol. The maximum atomic E-state index is 12.6. The molecule has 140 valence electrons. The molecule has 1 aromatic carbocycles. The number of carbonyl (C=O) groups is 1. The Bertz CT molecular complexity index is 1110. The molecule has 0 radical (unpaired) electrons. The summed E-state index contributed by atoms with van der Waals surface area (Å²) in [6.45, 7) is 1.16. The van der Waals surface area contributed by atoms with E-state index in [0.717, 1.165) is 15.5 Å². The largest absolute Gasteiger partial charge is 0.341 e. The summed E-state index contributed by atoms with van der Waals surface area (Å²) in [4.78, 5) is 41.5. The lowest BCUT2D eigenvalue weighted by atomic mass is 10.0. The van der Waals surface area contributed by atoms with Crippen LogP contribution in [0.3, 0.4) is 0 Å². The fourth-order valence-electron chi connectivity index (χ4n) is 3.68. The highest BCUT2D eigenvalue weighted by atomic mass is 79.9. The van der Waals surface area contributed by atoms with Gasteiger partial charge in [0.05, 0.1) is 11.0 Å². The number of para-hydroxylation sites is 2. The lowest BCUT2D eigenvalue weighted by Crippen LogP contribution is -2.42. The topological polar surface area (TPSA) is 80.1 Å².